The Bertz CT molecular complexity index is 454. The average Bonchev–Trinajstić information content (AvgIpc) is 2.35. The summed E-state index contributed by atoms with van der Waals surface area (Å²) in [5, 5.41) is 9.16. The van der Waals surface area contributed by atoms with Crippen LogP contribution in [0.4, 0.5) is 0 Å². The maximum Gasteiger partial charge on any atom is 0.307 e. The Hall–Kier alpha value is -1.35. The van der Waals surface area contributed by atoms with Crippen molar-refractivity contribution in [2.75, 3.05) is 6.54 Å². The lowest BCUT2D eigenvalue weighted by atomic mass is 9.83. The highest BCUT2D eigenvalue weighted by Crippen LogP contribution is 2.31. The topological polar surface area (TPSA) is 63.3 Å². The highest BCUT2D eigenvalue weighted by Gasteiger charge is 2.22. The number of carbonyl (C=O) groups is 1. The van der Waals surface area contributed by atoms with Crippen LogP contribution in [-0.2, 0) is 4.79 Å². The monoisotopic (exact) mass is 263 g/mol. The molecule has 0 saturated heterocycles. The van der Waals surface area contributed by atoms with Crippen molar-refractivity contribution in [1.29, 1.82) is 0 Å². The molecule has 0 bridgehead atoms. The fraction of sp³-hybridized carbons (Fsp3) is 0.562. The fourth-order valence-corrected chi connectivity index (χ4v) is 2.65. The molecule has 3 nitrogen and oxygen atoms in total. The number of hydrogen-bond donors (Lipinski definition) is 2. The molecule has 1 rings (SSSR count). The quantitative estimate of drug-likeness (QED) is 0.828. The molecule has 0 fully saturated rings. The zero-order chi connectivity index (χ0) is 14.6. The van der Waals surface area contributed by atoms with Gasteiger partial charge in [-0.25, -0.2) is 0 Å². The first kappa shape index (κ1) is 15.7. The zero-order valence-electron chi connectivity index (χ0n) is 12.4. The van der Waals surface area contributed by atoms with Crippen molar-refractivity contribution in [2.24, 2.45) is 11.7 Å². The third-order valence-corrected chi connectivity index (χ3v) is 3.99. The van der Waals surface area contributed by atoms with E-state index in [4.69, 9.17) is 10.8 Å². The van der Waals surface area contributed by atoms with Gasteiger partial charge in [0.05, 0.1) is 5.92 Å². The Morgan fingerprint density at radius 1 is 1.32 bits per heavy atom. The Labute approximate surface area is 115 Å². The van der Waals surface area contributed by atoms with Crippen molar-refractivity contribution in [2.45, 2.75) is 46.5 Å². The summed E-state index contributed by atoms with van der Waals surface area (Å²) in [5.41, 5.74) is 10.6. The van der Waals surface area contributed by atoms with E-state index in [0.717, 1.165) is 6.42 Å². The molecule has 0 aliphatic carbocycles. The Morgan fingerprint density at radius 2 is 1.95 bits per heavy atom. The second kappa shape index (κ2) is 6.71. The maximum atomic E-state index is 11.2. The predicted octanol–water partition coefficient (Wildman–Crippen LogP) is 3.16. The molecule has 0 amide bonds. The molecule has 1 aromatic rings. The van der Waals surface area contributed by atoms with Crippen molar-refractivity contribution in [3.8, 4) is 0 Å². The Kier molecular flexibility index (Phi) is 5.55. The van der Waals surface area contributed by atoms with Crippen LogP contribution in [0.5, 0.6) is 0 Å². The zero-order valence-corrected chi connectivity index (χ0v) is 12.4. The molecular weight excluding hydrogens is 238 g/mol. The van der Waals surface area contributed by atoms with Crippen LogP contribution < -0.4 is 5.73 Å². The first-order valence-corrected chi connectivity index (χ1v) is 6.91. The summed E-state index contributed by atoms with van der Waals surface area (Å²) in [7, 11) is 0. The molecule has 0 aromatic heterocycles. The predicted molar refractivity (Wildman–Crippen MR) is 78.5 cm³/mol. The molecule has 0 radical (unpaired) electrons. The molecular formula is C16H25NO2. The number of hydrogen-bond acceptors (Lipinski definition) is 2. The van der Waals surface area contributed by atoms with Crippen molar-refractivity contribution in [3.05, 3.63) is 34.4 Å². The Morgan fingerprint density at radius 3 is 2.42 bits per heavy atom. The van der Waals surface area contributed by atoms with Gasteiger partial charge in [-0.15, -0.1) is 0 Å². The van der Waals surface area contributed by atoms with E-state index in [9.17, 15) is 4.79 Å². The molecule has 3 N–H and O–H groups in total. The molecule has 3 heteroatoms. The van der Waals surface area contributed by atoms with Gasteiger partial charge in [0.1, 0.15) is 0 Å². The molecule has 0 saturated carbocycles. The number of benzene rings is 1. The summed E-state index contributed by atoms with van der Waals surface area (Å²) in [6, 6.07) is 4.36. The number of aliphatic carboxylic acids is 1. The van der Waals surface area contributed by atoms with E-state index < -0.39 is 11.9 Å². The van der Waals surface area contributed by atoms with Gasteiger partial charge in [0.2, 0.25) is 0 Å². The minimum Gasteiger partial charge on any atom is -0.481 e. The molecule has 2 unspecified atom stereocenters. The lowest BCUT2D eigenvalue weighted by molar-refractivity contribution is -0.141. The summed E-state index contributed by atoms with van der Waals surface area (Å²) >= 11 is 0. The van der Waals surface area contributed by atoms with Gasteiger partial charge in [-0.1, -0.05) is 24.6 Å². The van der Waals surface area contributed by atoms with Gasteiger partial charge in [0, 0.05) is 6.54 Å². The van der Waals surface area contributed by atoms with E-state index in [1.807, 2.05) is 0 Å². The van der Waals surface area contributed by atoms with Crippen LogP contribution in [-0.4, -0.2) is 17.6 Å². The van der Waals surface area contributed by atoms with Gasteiger partial charge < -0.3 is 10.8 Å². The van der Waals surface area contributed by atoms with Crippen molar-refractivity contribution >= 4 is 5.97 Å². The van der Waals surface area contributed by atoms with E-state index in [2.05, 4.69) is 39.8 Å². The number of carboxylic acids is 1. The fourth-order valence-electron chi connectivity index (χ4n) is 2.65. The summed E-state index contributed by atoms with van der Waals surface area (Å²) in [6.07, 6.45) is 1.56. The van der Waals surface area contributed by atoms with Crippen LogP contribution in [0.15, 0.2) is 12.1 Å². The van der Waals surface area contributed by atoms with Gasteiger partial charge in [-0.3, -0.25) is 4.79 Å². The standard InChI is InChI=1S/C16H25NO2/c1-5-13(8-14(9-17)16(18)19)15-7-10(2)6-11(3)12(15)4/h6-7,13-14H,5,8-9,17H2,1-4H3,(H,18,19). The van der Waals surface area contributed by atoms with E-state index >= 15 is 0 Å². The van der Waals surface area contributed by atoms with Gasteiger partial charge in [-0.05, 0) is 56.2 Å². The molecule has 0 aliphatic rings. The third-order valence-electron chi connectivity index (χ3n) is 3.99. The normalized spacial score (nSPS) is 14.2. The highest BCUT2D eigenvalue weighted by atomic mass is 16.4. The lowest BCUT2D eigenvalue weighted by Gasteiger charge is -2.22. The molecule has 0 heterocycles. The van der Waals surface area contributed by atoms with Gasteiger partial charge in [0.25, 0.3) is 0 Å². The van der Waals surface area contributed by atoms with E-state index in [0.29, 0.717) is 6.42 Å². The number of rotatable bonds is 6. The molecule has 19 heavy (non-hydrogen) atoms. The van der Waals surface area contributed by atoms with E-state index in [-0.39, 0.29) is 12.5 Å². The second-order valence-electron chi connectivity index (χ2n) is 5.41. The van der Waals surface area contributed by atoms with Crippen molar-refractivity contribution < 1.29 is 9.90 Å². The van der Waals surface area contributed by atoms with Crippen LogP contribution in [0.25, 0.3) is 0 Å². The lowest BCUT2D eigenvalue weighted by Crippen LogP contribution is -2.25. The first-order chi connectivity index (χ1) is 8.90. The van der Waals surface area contributed by atoms with E-state index in [1.165, 1.54) is 22.3 Å². The van der Waals surface area contributed by atoms with Crippen LogP contribution in [0.2, 0.25) is 0 Å². The molecule has 106 valence electrons. The molecule has 0 spiro atoms. The van der Waals surface area contributed by atoms with Crippen LogP contribution in [0.3, 0.4) is 0 Å². The van der Waals surface area contributed by atoms with E-state index in [1.54, 1.807) is 0 Å². The van der Waals surface area contributed by atoms with Gasteiger partial charge >= 0.3 is 5.97 Å². The molecule has 1 aromatic carbocycles. The van der Waals surface area contributed by atoms with Crippen LogP contribution in [0, 0.1) is 26.7 Å². The van der Waals surface area contributed by atoms with Crippen molar-refractivity contribution in [1.82, 2.24) is 0 Å². The first-order valence-electron chi connectivity index (χ1n) is 6.91. The molecule has 2 atom stereocenters. The number of carboxylic acid groups (broad SMARTS) is 1. The largest absolute Gasteiger partial charge is 0.481 e. The maximum absolute atomic E-state index is 11.2. The third kappa shape index (κ3) is 3.80. The summed E-state index contributed by atoms with van der Waals surface area (Å²) in [5.74, 6) is -0.976. The molecule has 0 aliphatic heterocycles. The van der Waals surface area contributed by atoms with Gasteiger partial charge in [0.15, 0.2) is 0 Å². The summed E-state index contributed by atoms with van der Waals surface area (Å²) < 4.78 is 0. The minimum absolute atomic E-state index is 0.204. The second-order valence-corrected chi connectivity index (χ2v) is 5.41. The van der Waals surface area contributed by atoms with Crippen LogP contribution >= 0.6 is 0 Å². The van der Waals surface area contributed by atoms with Crippen LogP contribution in [0.1, 0.15) is 47.9 Å². The number of nitrogens with two attached hydrogens (primary N) is 1. The average molecular weight is 263 g/mol. The number of aryl methyl sites for hydroxylation is 2. The van der Waals surface area contributed by atoms with Crippen molar-refractivity contribution in [3.63, 3.8) is 0 Å². The Balaban J connectivity index is 3.06. The smallest absolute Gasteiger partial charge is 0.307 e. The summed E-state index contributed by atoms with van der Waals surface area (Å²) in [4.78, 5) is 11.2. The SMILES string of the molecule is CCC(CC(CN)C(=O)O)c1cc(C)cc(C)c1C. The highest BCUT2D eigenvalue weighted by molar-refractivity contribution is 5.70. The summed E-state index contributed by atoms with van der Waals surface area (Å²) in [6.45, 7) is 8.62. The van der Waals surface area contributed by atoms with Gasteiger partial charge in [-0.2, -0.15) is 0 Å². The minimum atomic E-state index is -0.789.